The molecular weight excluding hydrogens is 206 g/mol. The zero-order valence-corrected chi connectivity index (χ0v) is 10.3. The molecule has 2 N–H and O–H groups in total. The summed E-state index contributed by atoms with van der Waals surface area (Å²) >= 11 is 1.62. The molecule has 0 saturated carbocycles. The summed E-state index contributed by atoms with van der Waals surface area (Å²) in [6, 6.07) is 0. The molecule has 1 unspecified atom stereocenters. The molecule has 1 aliphatic heterocycles. The number of likely N-dealkylation sites (tertiary alicyclic amines) is 1. The average molecular weight is 225 g/mol. The van der Waals surface area contributed by atoms with Gasteiger partial charge in [-0.25, -0.2) is 0 Å². The predicted molar refractivity (Wildman–Crippen MR) is 64.0 cm³/mol. The first-order valence-corrected chi connectivity index (χ1v) is 6.32. The Hall–Kier alpha value is -0.450. The molecule has 84 valence electrons. The van der Waals surface area contributed by atoms with Crippen molar-refractivity contribution >= 4 is 11.5 Å². The largest absolute Gasteiger partial charge is 0.330 e. The number of aryl methyl sites for hydroxylation is 2. The van der Waals surface area contributed by atoms with E-state index in [9.17, 15) is 0 Å². The van der Waals surface area contributed by atoms with Gasteiger partial charge >= 0.3 is 0 Å². The Labute approximate surface area is 95.4 Å². The summed E-state index contributed by atoms with van der Waals surface area (Å²) < 4.78 is 4.39. The number of aromatic nitrogens is 1. The molecule has 3 nitrogen and oxygen atoms in total. The zero-order chi connectivity index (χ0) is 10.8. The quantitative estimate of drug-likeness (QED) is 0.848. The molecule has 0 aromatic carbocycles. The Bertz CT molecular complexity index is 315. The molecule has 2 rings (SSSR count). The third-order valence-corrected chi connectivity index (χ3v) is 4.15. The number of nitrogens with zero attached hydrogens (tertiary/aromatic N) is 2. The van der Waals surface area contributed by atoms with Crippen molar-refractivity contribution in [2.75, 3.05) is 19.6 Å². The van der Waals surface area contributed by atoms with Crippen LogP contribution < -0.4 is 5.73 Å². The summed E-state index contributed by atoms with van der Waals surface area (Å²) in [6.45, 7) is 8.51. The maximum absolute atomic E-state index is 5.69. The Kier molecular flexibility index (Phi) is 3.38. The first kappa shape index (κ1) is 11.0. The van der Waals surface area contributed by atoms with Crippen molar-refractivity contribution in [3.63, 3.8) is 0 Å². The average Bonchev–Trinajstić information content (AvgIpc) is 2.80. The summed E-state index contributed by atoms with van der Waals surface area (Å²) in [5.74, 6) is 0.706. The molecule has 15 heavy (non-hydrogen) atoms. The summed E-state index contributed by atoms with van der Waals surface area (Å²) in [6.07, 6.45) is 1.26. The fraction of sp³-hybridized carbons (Fsp3) is 0.727. The Morgan fingerprint density at radius 1 is 1.53 bits per heavy atom. The van der Waals surface area contributed by atoms with Crippen molar-refractivity contribution < 1.29 is 0 Å². The molecule has 1 atom stereocenters. The van der Waals surface area contributed by atoms with Crippen LogP contribution in [0.25, 0.3) is 0 Å². The number of hydrogen-bond donors (Lipinski definition) is 1. The third-order valence-electron chi connectivity index (χ3n) is 3.27. The number of nitrogens with two attached hydrogens (primary N) is 1. The van der Waals surface area contributed by atoms with Gasteiger partial charge in [-0.2, -0.15) is 4.37 Å². The molecule has 1 fully saturated rings. The summed E-state index contributed by atoms with van der Waals surface area (Å²) in [7, 11) is 0. The van der Waals surface area contributed by atoms with Gasteiger partial charge in [0.2, 0.25) is 0 Å². The van der Waals surface area contributed by atoms with Crippen molar-refractivity contribution in [1.82, 2.24) is 9.27 Å². The lowest BCUT2D eigenvalue weighted by molar-refractivity contribution is 0.317. The second-order valence-electron chi connectivity index (χ2n) is 4.43. The van der Waals surface area contributed by atoms with E-state index in [1.165, 1.54) is 29.1 Å². The van der Waals surface area contributed by atoms with Crippen LogP contribution >= 0.6 is 11.5 Å². The lowest BCUT2D eigenvalue weighted by Crippen LogP contribution is -2.23. The third kappa shape index (κ3) is 2.38. The van der Waals surface area contributed by atoms with Crippen molar-refractivity contribution in [3.05, 3.63) is 16.1 Å². The van der Waals surface area contributed by atoms with Crippen LogP contribution in [0.3, 0.4) is 0 Å². The summed E-state index contributed by atoms with van der Waals surface area (Å²) in [4.78, 5) is 3.87. The number of rotatable bonds is 3. The highest BCUT2D eigenvalue weighted by Crippen LogP contribution is 2.23. The van der Waals surface area contributed by atoms with Crippen molar-refractivity contribution in [2.24, 2.45) is 11.7 Å². The topological polar surface area (TPSA) is 42.2 Å². The second kappa shape index (κ2) is 4.60. The van der Waals surface area contributed by atoms with Gasteiger partial charge in [-0.1, -0.05) is 0 Å². The van der Waals surface area contributed by atoms with Crippen LogP contribution in [0.1, 0.15) is 22.6 Å². The molecule has 2 heterocycles. The summed E-state index contributed by atoms with van der Waals surface area (Å²) in [5.41, 5.74) is 8.32. The van der Waals surface area contributed by atoms with Gasteiger partial charge in [0.05, 0.1) is 5.69 Å². The first-order chi connectivity index (χ1) is 7.20. The lowest BCUT2D eigenvalue weighted by atomic mass is 10.1. The minimum atomic E-state index is 0.706. The minimum absolute atomic E-state index is 0.706. The van der Waals surface area contributed by atoms with Crippen LogP contribution in [0.2, 0.25) is 0 Å². The molecule has 1 aromatic rings. The van der Waals surface area contributed by atoms with Gasteiger partial charge in [0.15, 0.2) is 0 Å². The lowest BCUT2D eigenvalue weighted by Gasteiger charge is -2.15. The SMILES string of the molecule is Cc1nsc(C)c1CN1CCC(CN)C1. The van der Waals surface area contributed by atoms with Crippen LogP contribution in [0, 0.1) is 19.8 Å². The molecule has 0 amide bonds. The Morgan fingerprint density at radius 3 is 2.87 bits per heavy atom. The molecule has 0 spiro atoms. The van der Waals surface area contributed by atoms with Crippen LogP contribution in [-0.2, 0) is 6.54 Å². The maximum Gasteiger partial charge on any atom is 0.0559 e. The first-order valence-electron chi connectivity index (χ1n) is 5.55. The standard InChI is InChI=1S/C11H19N3S/c1-8-11(9(2)15-13-8)7-14-4-3-10(5-12)6-14/h10H,3-7,12H2,1-2H3. The zero-order valence-electron chi connectivity index (χ0n) is 9.49. The highest BCUT2D eigenvalue weighted by atomic mass is 32.1. The highest BCUT2D eigenvalue weighted by Gasteiger charge is 2.22. The van der Waals surface area contributed by atoms with Gasteiger partial charge in [-0.3, -0.25) is 4.90 Å². The van der Waals surface area contributed by atoms with Gasteiger partial charge in [0.1, 0.15) is 0 Å². The second-order valence-corrected chi connectivity index (χ2v) is 5.41. The normalized spacial score (nSPS) is 22.5. The molecule has 0 radical (unpaired) electrons. The van der Waals surface area contributed by atoms with Crippen molar-refractivity contribution in [1.29, 1.82) is 0 Å². The van der Waals surface area contributed by atoms with E-state index in [0.717, 1.165) is 19.6 Å². The Balaban J connectivity index is 1.98. The van der Waals surface area contributed by atoms with Crippen molar-refractivity contribution in [2.45, 2.75) is 26.8 Å². The van der Waals surface area contributed by atoms with Crippen LogP contribution in [-0.4, -0.2) is 28.9 Å². The molecule has 1 aromatic heterocycles. The van der Waals surface area contributed by atoms with E-state index < -0.39 is 0 Å². The van der Waals surface area contributed by atoms with Crippen LogP contribution in [0.15, 0.2) is 0 Å². The van der Waals surface area contributed by atoms with E-state index >= 15 is 0 Å². The summed E-state index contributed by atoms with van der Waals surface area (Å²) in [5, 5.41) is 0. The van der Waals surface area contributed by atoms with E-state index in [1.54, 1.807) is 11.5 Å². The van der Waals surface area contributed by atoms with Gasteiger partial charge in [-0.05, 0) is 50.8 Å². The maximum atomic E-state index is 5.69. The molecule has 0 aliphatic carbocycles. The fourth-order valence-electron chi connectivity index (χ4n) is 2.20. The minimum Gasteiger partial charge on any atom is -0.330 e. The van der Waals surface area contributed by atoms with E-state index in [2.05, 4.69) is 23.1 Å². The molecule has 4 heteroatoms. The Morgan fingerprint density at radius 2 is 2.33 bits per heavy atom. The fourth-order valence-corrected chi connectivity index (χ4v) is 2.91. The highest BCUT2D eigenvalue weighted by molar-refractivity contribution is 7.05. The molecular formula is C11H19N3S. The smallest absolute Gasteiger partial charge is 0.0559 e. The van der Waals surface area contributed by atoms with E-state index in [1.807, 2.05) is 0 Å². The van der Waals surface area contributed by atoms with E-state index in [0.29, 0.717) is 5.92 Å². The van der Waals surface area contributed by atoms with Crippen LogP contribution in [0.5, 0.6) is 0 Å². The van der Waals surface area contributed by atoms with Gasteiger partial charge < -0.3 is 5.73 Å². The predicted octanol–water partition coefficient (Wildman–Crippen LogP) is 1.54. The van der Waals surface area contributed by atoms with Crippen molar-refractivity contribution in [3.8, 4) is 0 Å². The monoisotopic (exact) mass is 225 g/mol. The van der Waals surface area contributed by atoms with Crippen LogP contribution in [0.4, 0.5) is 0 Å². The van der Waals surface area contributed by atoms with Gasteiger partial charge in [-0.15, -0.1) is 0 Å². The molecule has 1 saturated heterocycles. The van der Waals surface area contributed by atoms with E-state index in [4.69, 9.17) is 5.73 Å². The molecule has 0 bridgehead atoms. The van der Waals surface area contributed by atoms with E-state index in [-0.39, 0.29) is 0 Å². The van der Waals surface area contributed by atoms with Gasteiger partial charge in [0.25, 0.3) is 0 Å². The number of hydrogen-bond acceptors (Lipinski definition) is 4. The van der Waals surface area contributed by atoms with Gasteiger partial charge in [0, 0.05) is 23.5 Å². The molecule has 1 aliphatic rings.